The summed E-state index contributed by atoms with van der Waals surface area (Å²) in [6.45, 7) is 0.231. The molecule has 0 fully saturated rings. The number of nitrogens with one attached hydrogen (secondary N) is 3. The first kappa shape index (κ1) is 29.5. The van der Waals surface area contributed by atoms with E-state index in [2.05, 4.69) is 30.6 Å². The maximum atomic E-state index is 12.3. The number of benzene rings is 1. The first-order valence-corrected chi connectivity index (χ1v) is 9.33. The number of carbonyl (C=O) groups excluding carboxylic acids is 1. The molecule has 0 saturated carbocycles. The molecule has 13 nitrogen and oxygen atoms in total. The first-order chi connectivity index (χ1) is 15.2. The second kappa shape index (κ2) is 13.4. The van der Waals surface area contributed by atoms with E-state index in [9.17, 15) is 19.2 Å². The topological polar surface area (TPSA) is 213 Å². The molecule has 15 heteroatoms. The van der Waals surface area contributed by atoms with E-state index >= 15 is 0 Å². The molecule has 2 heterocycles. The van der Waals surface area contributed by atoms with Gasteiger partial charge in [-0.1, -0.05) is 0 Å². The summed E-state index contributed by atoms with van der Waals surface area (Å²) in [6, 6.07) is 4.86. The monoisotopic (exact) mass is 489 g/mol. The number of hydrogen-bond donors (Lipinski definition) is 6. The molecule has 0 saturated heterocycles. The van der Waals surface area contributed by atoms with Crippen molar-refractivity contribution in [3.63, 3.8) is 0 Å². The zero-order valence-electron chi connectivity index (χ0n) is 16.5. The molecule has 3 rings (SSSR count). The molecule has 7 N–H and O–H groups in total. The Morgan fingerprint density at radius 1 is 1.09 bits per heavy atom. The molecule has 0 aliphatic carbocycles. The summed E-state index contributed by atoms with van der Waals surface area (Å²) in [6.07, 6.45) is 0.858. The fraction of sp³-hybridized carbons (Fsp3) is 0.211. The molecule has 0 spiro atoms. The second-order valence-corrected chi connectivity index (χ2v) is 6.71. The van der Waals surface area contributed by atoms with Crippen LogP contribution in [0.25, 0.3) is 11.2 Å². The van der Waals surface area contributed by atoms with Gasteiger partial charge < -0.3 is 31.6 Å². The van der Waals surface area contributed by atoms with Crippen LogP contribution in [0.1, 0.15) is 28.9 Å². The molecule has 0 unspecified atom stereocenters. The van der Waals surface area contributed by atoms with Crippen LogP contribution in [0.2, 0.25) is 0 Å². The van der Waals surface area contributed by atoms with E-state index in [1.54, 1.807) is 12.1 Å². The number of aromatic nitrogens is 4. The van der Waals surface area contributed by atoms with Crippen molar-refractivity contribution in [1.29, 1.82) is 0 Å². The number of hydrogen-bond acceptors (Lipinski definition) is 9. The molecular formula is C19H21N7Na2O6. The first-order valence-electron chi connectivity index (χ1n) is 9.33. The van der Waals surface area contributed by atoms with Crippen molar-refractivity contribution in [1.82, 2.24) is 25.3 Å². The predicted molar refractivity (Wildman–Crippen MR) is 126 cm³/mol. The van der Waals surface area contributed by atoms with E-state index in [0.717, 1.165) is 0 Å². The molecule has 2 aromatic heterocycles. The van der Waals surface area contributed by atoms with Gasteiger partial charge in [-0.25, -0.2) is 14.8 Å². The molecule has 1 amide bonds. The number of carboxylic acids is 2. The number of amides is 1. The van der Waals surface area contributed by atoms with Gasteiger partial charge in [-0.05, 0) is 30.7 Å². The molecule has 1 aromatic carbocycles. The zero-order chi connectivity index (χ0) is 23.3. The number of rotatable bonds is 9. The van der Waals surface area contributed by atoms with Gasteiger partial charge in [0.25, 0.3) is 5.91 Å². The van der Waals surface area contributed by atoms with Gasteiger partial charge in [0.05, 0.1) is 18.4 Å². The number of fused-ring (bicyclic) bond motifs is 1. The van der Waals surface area contributed by atoms with Gasteiger partial charge in [0, 0.05) is 17.7 Å². The molecule has 3 aromatic rings. The second-order valence-electron chi connectivity index (χ2n) is 6.71. The third kappa shape index (κ3) is 8.04. The Balaban J connectivity index is 0.00000289. The Morgan fingerprint density at radius 3 is 2.38 bits per heavy atom. The van der Waals surface area contributed by atoms with E-state index in [4.69, 9.17) is 15.9 Å². The molecular weight excluding hydrogens is 468 g/mol. The van der Waals surface area contributed by atoms with Crippen LogP contribution in [0.5, 0.6) is 0 Å². The Morgan fingerprint density at radius 2 is 1.76 bits per heavy atom. The Kier molecular flexibility index (Phi) is 11.6. The van der Waals surface area contributed by atoms with Gasteiger partial charge in [0.2, 0.25) is 5.95 Å². The Bertz CT molecular complexity index is 1240. The molecule has 1 atom stereocenters. The van der Waals surface area contributed by atoms with Crippen LogP contribution in [-0.4, -0.2) is 113 Å². The summed E-state index contributed by atoms with van der Waals surface area (Å²) in [5, 5.41) is 23.2. The van der Waals surface area contributed by atoms with Gasteiger partial charge in [-0.2, -0.15) is 4.98 Å². The maximum absolute atomic E-state index is 12.3. The summed E-state index contributed by atoms with van der Waals surface area (Å²) in [5.74, 6) is -3.16. The number of carboxylic acid groups (broad SMARTS) is 2. The van der Waals surface area contributed by atoms with Crippen LogP contribution in [0.15, 0.2) is 35.3 Å². The number of anilines is 2. The average molecular weight is 489 g/mol. The Labute approximate surface area is 236 Å². The zero-order valence-corrected chi connectivity index (χ0v) is 16.5. The SMILES string of the molecule is Nc1nc(=O)c2nc(CNc3ccc(C(=O)N[C@@H](CCC(=O)O)C(=O)O)cc3)cnc2[nH]1.[NaH].[NaH]. The van der Waals surface area contributed by atoms with Crippen LogP contribution in [0, 0.1) is 0 Å². The number of aromatic amines is 1. The van der Waals surface area contributed by atoms with Gasteiger partial charge in [0.1, 0.15) is 6.04 Å². The van der Waals surface area contributed by atoms with Crippen molar-refractivity contribution in [2.24, 2.45) is 0 Å². The van der Waals surface area contributed by atoms with Crippen molar-refractivity contribution in [3.05, 3.63) is 52.1 Å². The normalized spacial score (nSPS) is 10.9. The fourth-order valence-electron chi connectivity index (χ4n) is 2.76. The van der Waals surface area contributed by atoms with Crippen molar-refractivity contribution >= 4 is 99.8 Å². The summed E-state index contributed by atoms with van der Waals surface area (Å²) >= 11 is 0. The predicted octanol–water partition coefficient (Wildman–Crippen LogP) is -1.34. The van der Waals surface area contributed by atoms with Gasteiger partial charge in [-0.15, -0.1) is 0 Å². The van der Waals surface area contributed by atoms with Crippen molar-refractivity contribution < 1.29 is 24.6 Å². The van der Waals surface area contributed by atoms with Crippen LogP contribution in [0.3, 0.4) is 0 Å². The van der Waals surface area contributed by atoms with E-state index in [1.165, 1.54) is 18.3 Å². The van der Waals surface area contributed by atoms with E-state index in [0.29, 0.717) is 11.4 Å². The van der Waals surface area contributed by atoms with E-state index < -0.39 is 29.4 Å². The average Bonchev–Trinajstić information content (AvgIpc) is 2.75. The molecule has 0 radical (unpaired) electrons. The minimum atomic E-state index is -1.31. The standard InChI is InChI=1S/C19H19N7O6.2Na.2H/c20-19-25-15-14(17(30)26-19)23-11(8-22-15)7-21-10-3-1-9(2-4-10)16(29)24-12(18(31)32)5-6-13(27)28;;;;/h1-4,8,12,21H,5-7H2,(H,24,29)(H,27,28)(H,31,32)(H3,20,22,25,26,30);;;;/t12-;;;;/m0..../s1. The number of H-pyrrole nitrogens is 1. The summed E-state index contributed by atoms with van der Waals surface area (Å²) in [5.41, 5.74) is 6.47. The molecule has 0 aliphatic heterocycles. The van der Waals surface area contributed by atoms with Crippen LogP contribution >= 0.6 is 0 Å². The quantitative estimate of drug-likeness (QED) is 0.193. The summed E-state index contributed by atoms with van der Waals surface area (Å²) in [7, 11) is 0. The van der Waals surface area contributed by atoms with Crippen molar-refractivity contribution in [2.75, 3.05) is 11.1 Å². The molecule has 0 aliphatic rings. The van der Waals surface area contributed by atoms with Gasteiger partial charge in [0.15, 0.2) is 11.2 Å². The third-order valence-corrected chi connectivity index (χ3v) is 4.36. The minimum absolute atomic E-state index is 0. The van der Waals surface area contributed by atoms with Crippen LogP contribution in [0.4, 0.5) is 11.6 Å². The van der Waals surface area contributed by atoms with Crippen molar-refractivity contribution in [3.8, 4) is 0 Å². The van der Waals surface area contributed by atoms with E-state index in [-0.39, 0.29) is 101 Å². The number of nitrogen functional groups attached to an aromatic ring is 1. The van der Waals surface area contributed by atoms with Gasteiger partial charge >= 0.3 is 76.6 Å². The molecule has 170 valence electrons. The molecule has 34 heavy (non-hydrogen) atoms. The number of nitrogens with zero attached hydrogens (tertiary/aromatic N) is 3. The third-order valence-electron chi connectivity index (χ3n) is 4.36. The van der Waals surface area contributed by atoms with Crippen LogP contribution < -0.4 is 21.9 Å². The van der Waals surface area contributed by atoms with Crippen LogP contribution in [-0.2, 0) is 16.1 Å². The summed E-state index contributed by atoms with van der Waals surface area (Å²) in [4.78, 5) is 60.5. The van der Waals surface area contributed by atoms with Gasteiger partial charge in [-0.3, -0.25) is 14.4 Å². The number of aliphatic carboxylic acids is 2. The van der Waals surface area contributed by atoms with Crippen molar-refractivity contribution in [2.45, 2.75) is 25.4 Å². The number of carbonyl (C=O) groups is 3. The van der Waals surface area contributed by atoms with E-state index in [1.807, 2.05) is 0 Å². The Hall–Kier alpha value is -2.55. The molecule has 0 bridgehead atoms. The fourth-order valence-corrected chi connectivity index (χ4v) is 2.76. The number of nitrogens with two attached hydrogens (primary N) is 1. The summed E-state index contributed by atoms with van der Waals surface area (Å²) < 4.78 is 0.